The average molecular weight is 244 g/mol. The summed E-state index contributed by atoms with van der Waals surface area (Å²) in [5.41, 5.74) is 8.98. The van der Waals surface area contributed by atoms with Gasteiger partial charge in [-0.1, -0.05) is 5.11 Å². The van der Waals surface area contributed by atoms with Gasteiger partial charge in [-0.15, -0.1) is 0 Å². The number of azide groups is 1. The molecule has 0 bridgehead atoms. The highest BCUT2D eigenvalue weighted by atomic mass is 16.5. The first-order valence-electron chi connectivity index (χ1n) is 5.62. The molecular weight excluding hydrogens is 232 g/mol. The first-order chi connectivity index (χ1) is 8.78. The molecule has 0 amide bonds. The Kier molecular flexibility index (Phi) is 3.56. The second-order valence-electron chi connectivity index (χ2n) is 3.99. The molecule has 2 rings (SSSR count). The number of nitrogens with zero attached hydrogens (tertiary/aromatic N) is 4. The van der Waals surface area contributed by atoms with Gasteiger partial charge in [-0.25, -0.2) is 0 Å². The maximum absolute atomic E-state index is 9.14. The Morgan fingerprint density at radius 1 is 1.50 bits per heavy atom. The van der Waals surface area contributed by atoms with Crippen LogP contribution in [0.1, 0.15) is 24.8 Å². The van der Waals surface area contributed by atoms with E-state index in [1.165, 1.54) is 13.2 Å². The van der Waals surface area contributed by atoms with Gasteiger partial charge in [0.05, 0.1) is 18.9 Å². The monoisotopic (exact) mass is 244 g/mol. The Bertz CT molecular complexity index is 540. The molecule has 0 aliphatic heterocycles. The fourth-order valence-corrected chi connectivity index (χ4v) is 1.69. The predicted molar refractivity (Wildman–Crippen MR) is 64.8 cm³/mol. The van der Waals surface area contributed by atoms with E-state index in [0.29, 0.717) is 11.5 Å². The third-order valence-corrected chi connectivity index (χ3v) is 2.90. The number of methoxy groups -OCH3 is 1. The van der Waals surface area contributed by atoms with Crippen LogP contribution >= 0.6 is 0 Å². The molecule has 0 saturated heterocycles. The lowest BCUT2D eigenvalue weighted by molar-refractivity contribution is 0.119. The van der Waals surface area contributed by atoms with Crippen molar-refractivity contribution in [3.8, 4) is 17.6 Å². The van der Waals surface area contributed by atoms with Gasteiger partial charge in [0.1, 0.15) is 23.1 Å². The highest BCUT2D eigenvalue weighted by Crippen LogP contribution is 2.36. The number of nitriles is 1. The third kappa shape index (κ3) is 2.31. The third-order valence-electron chi connectivity index (χ3n) is 2.90. The molecule has 92 valence electrons. The molecule has 1 saturated carbocycles. The molecule has 18 heavy (non-hydrogen) atoms. The van der Waals surface area contributed by atoms with Crippen molar-refractivity contribution in [1.29, 1.82) is 5.26 Å². The standard InChI is InChI=1S/C12H12N4O2/c1-17-9-5-11(15-16-14)10(7-13)12(6-9)18-8-3-2-4-8/h5-6,8H,2-4H2,1H3. The Labute approximate surface area is 104 Å². The molecule has 0 atom stereocenters. The molecule has 0 radical (unpaired) electrons. The summed E-state index contributed by atoms with van der Waals surface area (Å²) in [5, 5.41) is 12.6. The largest absolute Gasteiger partial charge is 0.497 e. The Hall–Kier alpha value is -2.38. The molecule has 1 fully saturated rings. The van der Waals surface area contributed by atoms with Gasteiger partial charge in [-0.2, -0.15) is 5.26 Å². The number of hydrogen-bond donors (Lipinski definition) is 0. The van der Waals surface area contributed by atoms with Gasteiger partial charge in [0.15, 0.2) is 0 Å². The second-order valence-corrected chi connectivity index (χ2v) is 3.99. The predicted octanol–water partition coefficient (Wildman–Crippen LogP) is 3.44. The lowest BCUT2D eigenvalue weighted by Crippen LogP contribution is -2.24. The highest BCUT2D eigenvalue weighted by molar-refractivity contribution is 5.63. The van der Waals surface area contributed by atoms with Crippen molar-refractivity contribution < 1.29 is 9.47 Å². The molecule has 6 nitrogen and oxygen atoms in total. The molecule has 0 spiro atoms. The van der Waals surface area contributed by atoms with Crippen LogP contribution in [-0.2, 0) is 0 Å². The number of hydrogen-bond acceptors (Lipinski definition) is 4. The fourth-order valence-electron chi connectivity index (χ4n) is 1.69. The normalized spacial score (nSPS) is 14.0. The van der Waals surface area contributed by atoms with Crippen molar-refractivity contribution in [2.24, 2.45) is 5.11 Å². The van der Waals surface area contributed by atoms with E-state index in [2.05, 4.69) is 10.0 Å². The molecular formula is C12H12N4O2. The maximum atomic E-state index is 9.14. The van der Waals surface area contributed by atoms with E-state index in [9.17, 15) is 0 Å². The molecule has 1 aliphatic carbocycles. The first-order valence-corrected chi connectivity index (χ1v) is 5.62. The van der Waals surface area contributed by atoms with E-state index in [4.69, 9.17) is 20.3 Å². The molecule has 1 aliphatic rings. The molecule has 0 aromatic heterocycles. The van der Waals surface area contributed by atoms with Crippen LogP contribution < -0.4 is 9.47 Å². The number of benzene rings is 1. The van der Waals surface area contributed by atoms with E-state index in [1.54, 1.807) is 6.07 Å². The van der Waals surface area contributed by atoms with E-state index < -0.39 is 0 Å². The zero-order chi connectivity index (χ0) is 13.0. The van der Waals surface area contributed by atoms with Crippen molar-refractivity contribution in [3.63, 3.8) is 0 Å². The zero-order valence-corrected chi connectivity index (χ0v) is 9.96. The lowest BCUT2D eigenvalue weighted by Gasteiger charge is -2.27. The van der Waals surface area contributed by atoms with Crippen molar-refractivity contribution in [1.82, 2.24) is 0 Å². The second kappa shape index (κ2) is 5.30. The smallest absolute Gasteiger partial charge is 0.141 e. The Balaban J connectivity index is 2.43. The first kappa shape index (κ1) is 12.1. The average Bonchev–Trinajstić information content (AvgIpc) is 2.33. The molecule has 0 unspecified atom stereocenters. The van der Waals surface area contributed by atoms with E-state index >= 15 is 0 Å². The van der Waals surface area contributed by atoms with Crippen molar-refractivity contribution >= 4 is 5.69 Å². The minimum Gasteiger partial charge on any atom is -0.497 e. The van der Waals surface area contributed by atoms with Gasteiger partial charge in [-0.05, 0) is 30.9 Å². The van der Waals surface area contributed by atoms with Crippen molar-refractivity contribution in [2.45, 2.75) is 25.4 Å². The van der Waals surface area contributed by atoms with Crippen LogP contribution in [-0.4, -0.2) is 13.2 Å². The van der Waals surface area contributed by atoms with Gasteiger partial charge in [-0.3, -0.25) is 0 Å². The quantitative estimate of drug-likeness (QED) is 0.461. The zero-order valence-electron chi connectivity index (χ0n) is 9.96. The van der Waals surface area contributed by atoms with Gasteiger partial charge >= 0.3 is 0 Å². The number of ether oxygens (including phenoxy) is 2. The van der Waals surface area contributed by atoms with Crippen LogP contribution in [0.2, 0.25) is 0 Å². The van der Waals surface area contributed by atoms with Crippen molar-refractivity contribution in [2.75, 3.05) is 7.11 Å². The SMILES string of the molecule is COc1cc(N=[N+]=[N-])c(C#N)c(OC2CCC2)c1. The molecule has 0 N–H and O–H groups in total. The Morgan fingerprint density at radius 3 is 2.78 bits per heavy atom. The maximum Gasteiger partial charge on any atom is 0.141 e. The lowest BCUT2D eigenvalue weighted by atomic mass is 9.96. The summed E-state index contributed by atoms with van der Waals surface area (Å²) >= 11 is 0. The van der Waals surface area contributed by atoms with E-state index in [0.717, 1.165) is 19.3 Å². The molecule has 6 heteroatoms. The summed E-state index contributed by atoms with van der Waals surface area (Å²) in [4.78, 5) is 2.71. The van der Waals surface area contributed by atoms with Gasteiger partial charge in [0.2, 0.25) is 0 Å². The highest BCUT2D eigenvalue weighted by Gasteiger charge is 2.22. The van der Waals surface area contributed by atoms with Gasteiger partial charge in [0.25, 0.3) is 0 Å². The van der Waals surface area contributed by atoms with Crippen LogP contribution in [0.3, 0.4) is 0 Å². The topological polar surface area (TPSA) is 91.0 Å². The van der Waals surface area contributed by atoms with Gasteiger partial charge in [0, 0.05) is 11.0 Å². The van der Waals surface area contributed by atoms with Crippen LogP contribution in [0.25, 0.3) is 10.4 Å². The van der Waals surface area contributed by atoms with Crippen LogP contribution in [0.5, 0.6) is 11.5 Å². The van der Waals surface area contributed by atoms with E-state index in [-0.39, 0.29) is 17.4 Å². The molecule has 0 heterocycles. The summed E-state index contributed by atoms with van der Waals surface area (Å²) in [6.07, 6.45) is 3.25. The van der Waals surface area contributed by atoms with Gasteiger partial charge < -0.3 is 9.47 Å². The van der Waals surface area contributed by atoms with Crippen molar-refractivity contribution in [3.05, 3.63) is 28.1 Å². The number of rotatable bonds is 4. The molecule has 1 aromatic carbocycles. The summed E-state index contributed by atoms with van der Waals surface area (Å²) in [5.74, 6) is 0.926. The van der Waals surface area contributed by atoms with Crippen LogP contribution in [0, 0.1) is 11.3 Å². The van der Waals surface area contributed by atoms with E-state index in [1.807, 2.05) is 6.07 Å². The van der Waals surface area contributed by atoms with Crippen LogP contribution in [0.15, 0.2) is 17.2 Å². The minimum atomic E-state index is 0.142. The summed E-state index contributed by atoms with van der Waals surface area (Å²) in [6, 6.07) is 5.17. The fraction of sp³-hybridized carbons (Fsp3) is 0.417. The Morgan fingerprint density at radius 2 is 2.28 bits per heavy atom. The molecule has 1 aromatic rings. The minimum absolute atomic E-state index is 0.142. The summed E-state index contributed by atoms with van der Waals surface area (Å²) < 4.78 is 10.8. The van der Waals surface area contributed by atoms with Crippen LogP contribution in [0.4, 0.5) is 5.69 Å². The summed E-state index contributed by atoms with van der Waals surface area (Å²) in [6.45, 7) is 0. The summed E-state index contributed by atoms with van der Waals surface area (Å²) in [7, 11) is 1.51.